The average Bonchev–Trinajstić information content (AvgIpc) is 3.24. The molecule has 35 heavy (non-hydrogen) atoms. The van der Waals surface area contributed by atoms with E-state index in [0.29, 0.717) is 35.0 Å². The number of carbonyl (C=O) groups is 1. The second-order valence-corrected chi connectivity index (χ2v) is 10.2. The summed E-state index contributed by atoms with van der Waals surface area (Å²) in [5.74, 6) is 1.21. The molecule has 1 aliphatic rings. The minimum Gasteiger partial charge on any atom is -0.443 e. The van der Waals surface area contributed by atoms with E-state index in [4.69, 9.17) is 9.47 Å². The molecule has 0 aliphatic heterocycles. The van der Waals surface area contributed by atoms with Crippen LogP contribution in [0.1, 0.15) is 48.7 Å². The summed E-state index contributed by atoms with van der Waals surface area (Å²) < 4.78 is 13.0. The largest absolute Gasteiger partial charge is 0.443 e. The Kier molecular flexibility index (Phi) is 6.64. The zero-order chi connectivity index (χ0) is 25.3. The molecule has 1 heterocycles. The zero-order valence-electron chi connectivity index (χ0n) is 20.2. The third-order valence-corrected chi connectivity index (χ3v) is 5.70. The van der Waals surface area contributed by atoms with Crippen molar-refractivity contribution in [2.75, 3.05) is 4.90 Å². The molecule has 1 aliphatic carbocycles. The second-order valence-electron chi connectivity index (χ2n) is 9.24. The fourth-order valence-corrected chi connectivity index (χ4v) is 4.41. The highest BCUT2D eigenvalue weighted by atomic mass is 79.9. The van der Waals surface area contributed by atoms with E-state index in [9.17, 15) is 10.1 Å². The van der Waals surface area contributed by atoms with Crippen LogP contribution in [0.4, 0.5) is 16.4 Å². The van der Waals surface area contributed by atoms with Gasteiger partial charge in [-0.2, -0.15) is 10.2 Å². The maximum absolute atomic E-state index is 13.3. The van der Waals surface area contributed by atoms with Crippen molar-refractivity contribution >= 4 is 39.7 Å². The molecule has 7 nitrogen and oxygen atoms in total. The van der Waals surface area contributed by atoms with Gasteiger partial charge in [-0.1, -0.05) is 22.0 Å². The van der Waals surface area contributed by atoms with Crippen LogP contribution in [0.3, 0.4) is 0 Å². The van der Waals surface area contributed by atoms with Crippen LogP contribution in [-0.4, -0.2) is 21.7 Å². The van der Waals surface area contributed by atoms with Crippen LogP contribution < -0.4 is 9.64 Å². The molecule has 0 saturated heterocycles. The normalized spacial score (nSPS) is 12.1. The monoisotopic (exact) mass is 532 g/mol. The summed E-state index contributed by atoms with van der Waals surface area (Å²) >= 11 is 3.52. The first-order valence-corrected chi connectivity index (χ1v) is 11.9. The Morgan fingerprint density at radius 3 is 2.37 bits per heavy atom. The number of carbonyl (C=O) groups excluding carboxylic acids is 1. The topological polar surface area (TPSA) is 88.3 Å². The van der Waals surface area contributed by atoms with Crippen LogP contribution in [-0.2, 0) is 11.2 Å². The molecule has 0 N–H and O–H groups in total. The van der Waals surface area contributed by atoms with Crippen LogP contribution in [0, 0.1) is 25.2 Å². The lowest BCUT2D eigenvalue weighted by molar-refractivity contribution is 0.0597. The van der Waals surface area contributed by atoms with Gasteiger partial charge >= 0.3 is 6.09 Å². The highest BCUT2D eigenvalue weighted by molar-refractivity contribution is 9.10. The van der Waals surface area contributed by atoms with Gasteiger partial charge in [0.15, 0.2) is 0 Å². The van der Waals surface area contributed by atoms with Crippen molar-refractivity contribution in [2.24, 2.45) is 0 Å². The smallest absolute Gasteiger partial charge is 0.421 e. The molecule has 178 valence electrons. The Hall–Kier alpha value is -3.70. The quantitative estimate of drug-likeness (QED) is 0.354. The maximum atomic E-state index is 13.3. The van der Waals surface area contributed by atoms with Crippen molar-refractivity contribution in [1.82, 2.24) is 9.97 Å². The van der Waals surface area contributed by atoms with Gasteiger partial charge in [0.1, 0.15) is 11.4 Å². The lowest BCUT2D eigenvalue weighted by Gasteiger charge is -2.27. The number of benzene rings is 2. The first-order chi connectivity index (χ1) is 16.6. The molecule has 2 aromatic carbocycles. The molecule has 3 aromatic rings. The number of nitrogens with zero attached hydrogens (tertiary/aromatic N) is 4. The van der Waals surface area contributed by atoms with Gasteiger partial charge in [0.25, 0.3) is 0 Å². The van der Waals surface area contributed by atoms with Crippen molar-refractivity contribution in [1.29, 1.82) is 5.26 Å². The van der Waals surface area contributed by atoms with Crippen LogP contribution in [0.5, 0.6) is 11.6 Å². The number of rotatable bonds is 4. The number of anilines is 2. The van der Waals surface area contributed by atoms with E-state index in [1.807, 2.05) is 38.1 Å². The van der Waals surface area contributed by atoms with Gasteiger partial charge in [-0.05, 0) is 94.6 Å². The van der Waals surface area contributed by atoms with E-state index in [1.54, 1.807) is 45.0 Å². The molecule has 4 rings (SSSR count). The number of aryl methyl sites for hydroxylation is 2. The van der Waals surface area contributed by atoms with Gasteiger partial charge in [0.2, 0.25) is 11.8 Å². The molecule has 0 saturated carbocycles. The number of hydrogen-bond donors (Lipinski definition) is 0. The molecule has 0 spiro atoms. The van der Waals surface area contributed by atoms with Crippen LogP contribution in [0.25, 0.3) is 6.08 Å². The number of amides is 1. The SMILES string of the molecule is Cc1cc(Br)cc(C)c1Oc1nc(N(C(=O)OC(C)(C)C)c2ccc(C#N)cc2)nc2c1CC=C2. The Morgan fingerprint density at radius 2 is 1.77 bits per heavy atom. The van der Waals surface area contributed by atoms with E-state index >= 15 is 0 Å². The summed E-state index contributed by atoms with van der Waals surface area (Å²) in [4.78, 5) is 24.0. The van der Waals surface area contributed by atoms with Gasteiger partial charge in [0, 0.05) is 10.0 Å². The summed E-state index contributed by atoms with van der Waals surface area (Å²) in [7, 11) is 0. The molecule has 0 fully saturated rings. The number of hydrogen-bond acceptors (Lipinski definition) is 6. The highest BCUT2D eigenvalue weighted by Crippen LogP contribution is 2.37. The maximum Gasteiger partial charge on any atom is 0.421 e. The van der Waals surface area contributed by atoms with Gasteiger partial charge in [-0.15, -0.1) is 0 Å². The molecule has 0 unspecified atom stereocenters. The fraction of sp³-hybridized carbons (Fsp3) is 0.259. The Labute approximate surface area is 213 Å². The summed E-state index contributed by atoms with van der Waals surface area (Å²) in [6, 6.07) is 12.6. The highest BCUT2D eigenvalue weighted by Gasteiger charge is 2.29. The molecule has 0 atom stereocenters. The van der Waals surface area contributed by atoms with Crippen molar-refractivity contribution < 1.29 is 14.3 Å². The Balaban J connectivity index is 1.84. The molecular formula is C27H25BrN4O3. The van der Waals surface area contributed by atoms with Crippen molar-refractivity contribution in [3.05, 3.63) is 74.9 Å². The molecule has 8 heteroatoms. The predicted octanol–water partition coefficient (Wildman–Crippen LogP) is 7.16. The van der Waals surface area contributed by atoms with Crippen LogP contribution in [0.15, 0.2) is 46.9 Å². The molecule has 1 amide bonds. The zero-order valence-corrected chi connectivity index (χ0v) is 21.8. The molecule has 1 aromatic heterocycles. The second kappa shape index (κ2) is 9.51. The minimum atomic E-state index is -0.733. The lowest BCUT2D eigenvalue weighted by atomic mass is 10.1. The number of allylic oxidation sites excluding steroid dienone is 1. The van der Waals surface area contributed by atoms with E-state index in [1.165, 1.54) is 4.90 Å². The number of ether oxygens (including phenoxy) is 2. The summed E-state index contributed by atoms with van der Waals surface area (Å²) in [5, 5.41) is 9.18. The van der Waals surface area contributed by atoms with Crippen LogP contribution in [0.2, 0.25) is 0 Å². The predicted molar refractivity (Wildman–Crippen MR) is 138 cm³/mol. The lowest BCUT2D eigenvalue weighted by Crippen LogP contribution is -2.35. The molecular weight excluding hydrogens is 508 g/mol. The molecule has 0 bridgehead atoms. The van der Waals surface area contributed by atoms with Crippen molar-refractivity contribution in [3.63, 3.8) is 0 Å². The van der Waals surface area contributed by atoms with E-state index < -0.39 is 11.7 Å². The Bertz CT molecular complexity index is 1350. The first-order valence-electron chi connectivity index (χ1n) is 11.1. The first kappa shape index (κ1) is 24.4. The number of halogens is 1. The molecule has 0 radical (unpaired) electrons. The van der Waals surface area contributed by atoms with E-state index in [-0.39, 0.29) is 5.95 Å². The standard InChI is InChI=1S/C27H25BrN4O3/c1-16-13-19(28)14-17(2)23(16)34-24-21-7-6-8-22(21)30-25(31-24)32(26(33)35-27(3,4)5)20-11-9-18(15-29)10-12-20/h6,8-14H,7H2,1-5H3. The van der Waals surface area contributed by atoms with E-state index in [0.717, 1.165) is 21.2 Å². The fourth-order valence-electron chi connectivity index (χ4n) is 3.72. The van der Waals surface area contributed by atoms with Gasteiger partial charge in [-0.3, -0.25) is 0 Å². The third-order valence-electron chi connectivity index (χ3n) is 5.24. The summed E-state index contributed by atoms with van der Waals surface area (Å²) in [6.45, 7) is 9.32. The van der Waals surface area contributed by atoms with Gasteiger partial charge in [0.05, 0.1) is 23.0 Å². The average molecular weight is 533 g/mol. The summed E-state index contributed by atoms with van der Waals surface area (Å²) in [5.41, 5.74) is 3.64. The number of nitriles is 1. The number of fused-ring (bicyclic) bond motifs is 1. The Morgan fingerprint density at radius 1 is 1.11 bits per heavy atom. The van der Waals surface area contributed by atoms with Crippen molar-refractivity contribution in [2.45, 2.75) is 46.6 Å². The summed E-state index contributed by atoms with van der Waals surface area (Å²) in [6.07, 6.45) is 3.87. The van der Waals surface area contributed by atoms with Gasteiger partial charge < -0.3 is 9.47 Å². The number of aromatic nitrogens is 2. The third kappa shape index (κ3) is 5.36. The van der Waals surface area contributed by atoms with Gasteiger partial charge in [-0.25, -0.2) is 14.7 Å². The minimum absolute atomic E-state index is 0.122. The van der Waals surface area contributed by atoms with E-state index in [2.05, 4.69) is 32.0 Å². The van der Waals surface area contributed by atoms with Crippen molar-refractivity contribution in [3.8, 4) is 17.7 Å². The van der Waals surface area contributed by atoms with Crippen LogP contribution >= 0.6 is 15.9 Å².